The van der Waals surface area contributed by atoms with E-state index in [0.717, 1.165) is 17.0 Å². The van der Waals surface area contributed by atoms with Gasteiger partial charge in [0.25, 0.3) is 0 Å². The number of thiophene rings is 1. The average Bonchev–Trinajstić information content (AvgIpc) is 2.62. The number of halogens is 4. The first kappa shape index (κ1) is 12.6. The lowest BCUT2D eigenvalue weighted by Crippen LogP contribution is -2.01. The summed E-state index contributed by atoms with van der Waals surface area (Å²) in [7, 11) is 0. The van der Waals surface area contributed by atoms with E-state index in [-0.39, 0.29) is 10.7 Å². The summed E-state index contributed by atoms with van der Waals surface area (Å²) in [4.78, 5) is 0.940. The van der Waals surface area contributed by atoms with E-state index in [1.807, 2.05) is 6.07 Å². The molecule has 0 aliphatic rings. The van der Waals surface area contributed by atoms with E-state index in [1.165, 1.54) is 11.3 Å². The summed E-state index contributed by atoms with van der Waals surface area (Å²) in [6, 6.07) is 5.44. The zero-order valence-corrected chi connectivity index (χ0v) is 10.8. The van der Waals surface area contributed by atoms with Gasteiger partial charge in [-0.1, -0.05) is 23.2 Å². The molecule has 0 saturated carbocycles. The second-order valence-corrected chi connectivity index (χ2v) is 5.51. The maximum absolute atomic E-state index is 13.4. The van der Waals surface area contributed by atoms with E-state index in [0.29, 0.717) is 10.9 Å². The fourth-order valence-electron chi connectivity index (χ4n) is 1.33. The van der Waals surface area contributed by atoms with Crippen LogP contribution in [-0.2, 0) is 6.54 Å². The molecule has 0 amide bonds. The second kappa shape index (κ2) is 5.21. The molecule has 0 fully saturated rings. The Kier molecular flexibility index (Phi) is 3.86. The van der Waals surface area contributed by atoms with Crippen LogP contribution in [0.4, 0.5) is 14.5 Å². The van der Waals surface area contributed by atoms with Crippen LogP contribution in [0.5, 0.6) is 0 Å². The maximum Gasteiger partial charge on any atom is 0.150 e. The fraction of sp³-hybridized carbons (Fsp3) is 0.0909. The highest BCUT2D eigenvalue weighted by Gasteiger charge is 2.09. The molecule has 6 heteroatoms. The first-order valence-corrected chi connectivity index (χ1v) is 6.26. The van der Waals surface area contributed by atoms with Gasteiger partial charge in [-0.15, -0.1) is 11.3 Å². The van der Waals surface area contributed by atoms with Gasteiger partial charge in [-0.2, -0.15) is 0 Å². The molecule has 2 rings (SSSR count). The van der Waals surface area contributed by atoms with Crippen molar-refractivity contribution in [2.24, 2.45) is 0 Å². The van der Waals surface area contributed by atoms with Crippen LogP contribution in [0.25, 0.3) is 0 Å². The molecule has 1 heterocycles. The Balaban J connectivity index is 2.14. The van der Waals surface area contributed by atoms with Crippen LogP contribution in [0.2, 0.25) is 9.36 Å². The van der Waals surface area contributed by atoms with Gasteiger partial charge < -0.3 is 5.32 Å². The summed E-state index contributed by atoms with van der Waals surface area (Å²) in [6.07, 6.45) is 0. The Morgan fingerprint density at radius 1 is 1.18 bits per heavy atom. The number of rotatable bonds is 3. The lowest BCUT2D eigenvalue weighted by atomic mass is 10.3. The van der Waals surface area contributed by atoms with Crippen LogP contribution in [0.3, 0.4) is 0 Å². The molecule has 1 nitrogen and oxygen atoms in total. The molecular weight excluding hydrogens is 287 g/mol. The van der Waals surface area contributed by atoms with Crippen LogP contribution >= 0.6 is 34.5 Å². The molecule has 0 spiro atoms. The number of anilines is 1. The minimum atomic E-state index is -0.711. The summed E-state index contributed by atoms with van der Waals surface area (Å²) in [5.74, 6) is -1.41. The molecule has 0 atom stereocenters. The largest absolute Gasteiger partial charge is 0.377 e. The third kappa shape index (κ3) is 3.09. The van der Waals surface area contributed by atoms with Crippen LogP contribution in [0, 0.1) is 11.6 Å². The van der Waals surface area contributed by atoms with Gasteiger partial charge in [0.2, 0.25) is 0 Å². The molecule has 1 N–H and O–H groups in total. The predicted molar refractivity (Wildman–Crippen MR) is 68.0 cm³/mol. The maximum atomic E-state index is 13.4. The number of benzene rings is 1. The lowest BCUT2D eigenvalue weighted by Gasteiger charge is -2.08. The van der Waals surface area contributed by atoms with E-state index < -0.39 is 11.6 Å². The molecule has 0 radical (unpaired) electrons. The van der Waals surface area contributed by atoms with Crippen molar-refractivity contribution in [3.05, 3.63) is 50.1 Å². The third-order valence-electron chi connectivity index (χ3n) is 2.08. The summed E-state index contributed by atoms with van der Waals surface area (Å²) in [6.45, 7) is 0.389. The minimum absolute atomic E-state index is 0.0187. The first-order valence-electron chi connectivity index (χ1n) is 4.69. The average molecular weight is 294 g/mol. The first-order chi connectivity index (χ1) is 8.06. The van der Waals surface area contributed by atoms with Crippen LogP contribution < -0.4 is 5.32 Å². The molecule has 0 aliphatic heterocycles. The van der Waals surface area contributed by atoms with E-state index in [4.69, 9.17) is 23.2 Å². The van der Waals surface area contributed by atoms with Crippen molar-refractivity contribution in [1.29, 1.82) is 0 Å². The van der Waals surface area contributed by atoms with Crippen LogP contribution in [0.15, 0.2) is 24.3 Å². The Hall–Kier alpha value is -0.840. The van der Waals surface area contributed by atoms with E-state index in [2.05, 4.69) is 5.32 Å². The molecule has 0 unspecified atom stereocenters. The number of hydrogen-bond donors (Lipinski definition) is 1. The molecule has 17 heavy (non-hydrogen) atoms. The Labute approximate surface area is 111 Å². The summed E-state index contributed by atoms with van der Waals surface area (Å²) in [5, 5.41) is 2.83. The van der Waals surface area contributed by atoms with Crippen molar-refractivity contribution in [1.82, 2.24) is 0 Å². The van der Waals surface area contributed by atoms with Crippen molar-refractivity contribution in [2.75, 3.05) is 5.32 Å². The predicted octanol–water partition coefficient (Wildman–Crippen LogP) is 4.95. The fourth-order valence-corrected chi connectivity index (χ4v) is 2.62. The summed E-state index contributed by atoms with van der Waals surface area (Å²) in [5.41, 5.74) is 0.0950. The van der Waals surface area contributed by atoms with E-state index in [1.54, 1.807) is 6.07 Å². The van der Waals surface area contributed by atoms with Crippen molar-refractivity contribution in [3.63, 3.8) is 0 Å². The van der Waals surface area contributed by atoms with Gasteiger partial charge >= 0.3 is 0 Å². The highest BCUT2D eigenvalue weighted by atomic mass is 35.5. The van der Waals surface area contributed by atoms with Crippen molar-refractivity contribution in [3.8, 4) is 0 Å². The van der Waals surface area contributed by atoms with E-state index in [9.17, 15) is 8.78 Å². The SMILES string of the molecule is Fc1cc(F)c(NCc2ccc(Cl)s2)c(Cl)c1. The Morgan fingerprint density at radius 2 is 1.94 bits per heavy atom. The van der Waals surface area contributed by atoms with Gasteiger partial charge in [0.05, 0.1) is 15.0 Å². The lowest BCUT2D eigenvalue weighted by molar-refractivity contribution is 0.585. The minimum Gasteiger partial charge on any atom is -0.377 e. The molecule has 0 saturated heterocycles. The van der Waals surface area contributed by atoms with Gasteiger partial charge in [-0.05, 0) is 18.2 Å². The standard InChI is InChI=1S/C11H7Cl2F2NS/c12-8-3-6(14)4-9(15)11(8)16-5-7-1-2-10(13)17-7/h1-4,16H,5H2. The van der Waals surface area contributed by atoms with Crippen LogP contribution in [-0.4, -0.2) is 0 Å². The number of hydrogen-bond acceptors (Lipinski definition) is 2. The van der Waals surface area contributed by atoms with E-state index >= 15 is 0 Å². The smallest absolute Gasteiger partial charge is 0.150 e. The molecule has 1 aromatic heterocycles. The highest BCUT2D eigenvalue weighted by molar-refractivity contribution is 7.16. The molecule has 1 aromatic carbocycles. The van der Waals surface area contributed by atoms with Crippen molar-refractivity contribution < 1.29 is 8.78 Å². The van der Waals surface area contributed by atoms with Crippen molar-refractivity contribution >= 4 is 40.2 Å². The molecule has 0 aliphatic carbocycles. The van der Waals surface area contributed by atoms with Gasteiger partial charge in [0.15, 0.2) is 5.82 Å². The molecule has 0 bridgehead atoms. The molecule has 2 aromatic rings. The normalized spacial score (nSPS) is 10.6. The Morgan fingerprint density at radius 3 is 2.53 bits per heavy atom. The van der Waals surface area contributed by atoms with Crippen LogP contribution in [0.1, 0.15) is 4.88 Å². The monoisotopic (exact) mass is 293 g/mol. The highest BCUT2D eigenvalue weighted by Crippen LogP contribution is 2.28. The van der Waals surface area contributed by atoms with Gasteiger partial charge in [-0.3, -0.25) is 0 Å². The van der Waals surface area contributed by atoms with Crippen molar-refractivity contribution in [2.45, 2.75) is 6.54 Å². The quantitative estimate of drug-likeness (QED) is 0.845. The summed E-state index contributed by atoms with van der Waals surface area (Å²) < 4.78 is 26.9. The molecular formula is C11H7Cl2F2NS. The Bertz CT molecular complexity index is 519. The second-order valence-electron chi connectivity index (χ2n) is 3.30. The van der Waals surface area contributed by atoms with Gasteiger partial charge in [-0.25, -0.2) is 8.78 Å². The number of nitrogens with one attached hydrogen (secondary N) is 1. The zero-order chi connectivity index (χ0) is 12.4. The summed E-state index contributed by atoms with van der Waals surface area (Å²) >= 11 is 12.9. The van der Waals surface area contributed by atoms with Gasteiger partial charge in [0, 0.05) is 17.5 Å². The molecule has 90 valence electrons. The van der Waals surface area contributed by atoms with Gasteiger partial charge in [0.1, 0.15) is 5.82 Å². The third-order valence-corrected chi connectivity index (χ3v) is 3.60. The topological polar surface area (TPSA) is 12.0 Å². The zero-order valence-electron chi connectivity index (χ0n) is 8.44.